The van der Waals surface area contributed by atoms with E-state index in [1.165, 1.54) is 0 Å². The zero-order chi connectivity index (χ0) is 18.0. The van der Waals surface area contributed by atoms with E-state index in [4.69, 9.17) is 15.5 Å². The highest BCUT2D eigenvalue weighted by Crippen LogP contribution is 2.23. The molecular formula is C18H29N5O2. The van der Waals surface area contributed by atoms with Gasteiger partial charge in [-0.25, -0.2) is 9.97 Å². The van der Waals surface area contributed by atoms with Crippen molar-refractivity contribution in [2.75, 3.05) is 37.6 Å². The van der Waals surface area contributed by atoms with Crippen LogP contribution in [0.4, 0.5) is 5.82 Å². The molecule has 0 radical (unpaired) electrons. The van der Waals surface area contributed by atoms with Crippen molar-refractivity contribution in [2.24, 2.45) is 5.73 Å². The third kappa shape index (κ3) is 4.10. The van der Waals surface area contributed by atoms with E-state index in [0.717, 1.165) is 43.3 Å². The van der Waals surface area contributed by atoms with Crippen molar-refractivity contribution in [1.82, 2.24) is 14.9 Å². The van der Waals surface area contributed by atoms with E-state index >= 15 is 0 Å². The quantitative estimate of drug-likeness (QED) is 0.877. The van der Waals surface area contributed by atoms with Crippen molar-refractivity contribution in [3.05, 3.63) is 17.6 Å². The van der Waals surface area contributed by atoms with Gasteiger partial charge in [0.1, 0.15) is 17.7 Å². The molecule has 2 N–H and O–H groups in total. The van der Waals surface area contributed by atoms with Gasteiger partial charge in [0, 0.05) is 50.4 Å². The van der Waals surface area contributed by atoms with Crippen LogP contribution in [-0.2, 0) is 9.53 Å². The lowest BCUT2D eigenvalue weighted by atomic mass is 10.1. The Morgan fingerprint density at radius 2 is 2.00 bits per heavy atom. The van der Waals surface area contributed by atoms with Gasteiger partial charge in [-0.15, -0.1) is 0 Å². The molecule has 2 aliphatic heterocycles. The molecule has 25 heavy (non-hydrogen) atoms. The number of nitrogens with two attached hydrogens (primary N) is 1. The standard InChI is InChI=1S/C18H29N5O2/c1-12(2)17-20-13(3)10-16(21-17)22-6-8-23(9-7-22)18(24)15-5-4-14(11-19)25-15/h10,12,14-15H,4-9,11,19H2,1-3H3/t14-,15+/m1/s1. The van der Waals surface area contributed by atoms with Crippen molar-refractivity contribution < 1.29 is 9.53 Å². The molecule has 3 heterocycles. The second-order valence-electron chi connectivity index (χ2n) is 7.25. The minimum absolute atomic E-state index is 0.0358. The highest BCUT2D eigenvalue weighted by atomic mass is 16.5. The van der Waals surface area contributed by atoms with Crippen molar-refractivity contribution in [3.63, 3.8) is 0 Å². The maximum atomic E-state index is 12.6. The Morgan fingerprint density at radius 3 is 2.60 bits per heavy atom. The Morgan fingerprint density at radius 1 is 1.28 bits per heavy atom. The number of nitrogens with zero attached hydrogens (tertiary/aromatic N) is 4. The van der Waals surface area contributed by atoms with E-state index in [1.807, 2.05) is 17.9 Å². The molecule has 0 spiro atoms. The molecule has 2 atom stereocenters. The predicted molar refractivity (Wildman–Crippen MR) is 96.6 cm³/mol. The largest absolute Gasteiger partial charge is 0.364 e. The van der Waals surface area contributed by atoms with Crippen molar-refractivity contribution in [2.45, 2.75) is 51.7 Å². The molecule has 0 aliphatic carbocycles. The molecule has 0 bridgehead atoms. The summed E-state index contributed by atoms with van der Waals surface area (Å²) in [6.07, 6.45) is 1.39. The minimum atomic E-state index is -0.311. The predicted octanol–water partition coefficient (Wildman–Crippen LogP) is 1.06. The number of aromatic nitrogens is 2. The highest BCUT2D eigenvalue weighted by Gasteiger charge is 2.34. The number of ether oxygens (including phenoxy) is 1. The van der Waals surface area contributed by atoms with Crippen LogP contribution in [-0.4, -0.2) is 65.7 Å². The average molecular weight is 347 g/mol. The van der Waals surface area contributed by atoms with E-state index in [2.05, 4.69) is 23.7 Å². The second kappa shape index (κ2) is 7.66. The summed E-state index contributed by atoms with van der Waals surface area (Å²) in [6.45, 7) is 9.67. The number of hydrogen-bond acceptors (Lipinski definition) is 6. The second-order valence-corrected chi connectivity index (χ2v) is 7.25. The Balaban J connectivity index is 1.59. The molecule has 2 fully saturated rings. The summed E-state index contributed by atoms with van der Waals surface area (Å²) in [5, 5.41) is 0. The molecule has 2 aliphatic rings. The van der Waals surface area contributed by atoms with Gasteiger partial charge in [-0.1, -0.05) is 13.8 Å². The summed E-state index contributed by atoms with van der Waals surface area (Å²) in [5.41, 5.74) is 6.62. The van der Waals surface area contributed by atoms with Crippen molar-refractivity contribution >= 4 is 11.7 Å². The first kappa shape index (κ1) is 18.1. The van der Waals surface area contributed by atoms with Gasteiger partial charge in [0.2, 0.25) is 0 Å². The smallest absolute Gasteiger partial charge is 0.251 e. The Bertz CT molecular complexity index is 613. The first-order valence-electron chi connectivity index (χ1n) is 9.22. The van der Waals surface area contributed by atoms with E-state index in [1.54, 1.807) is 0 Å². The SMILES string of the molecule is Cc1cc(N2CCN(C(=O)[C@@H]3CC[C@H](CN)O3)CC2)nc(C(C)C)n1. The Kier molecular flexibility index (Phi) is 5.54. The monoisotopic (exact) mass is 347 g/mol. The molecule has 2 saturated heterocycles. The van der Waals surface area contributed by atoms with E-state index in [9.17, 15) is 4.79 Å². The number of rotatable bonds is 4. The molecule has 1 amide bonds. The normalized spacial score (nSPS) is 24.2. The van der Waals surface area contributed by atoms with Gasteiger partial charge in [-0.3, -0.25) is 4.79 Å². The van der Waals surface area contributed by atoms with Crippen molar-refractivity contribution in [1.29, 1.82) is 0 Å². The Hall–Kier alpha value is -1.73. The zero-order valence-corrected chi connectivity index (χ0v) is 15.4. The fourth-order valence-corrected chi connectivity index (χ4v) is 3.41. The van der Waals surface area contributed by atoms with Gasteiger partial charge in [0.15, 0.2) is 0 Å². The summed E-state index contributed by atoms with van der Waals surface area (Å²) in [5.74, 6) is 2.25. The summed E-state index contributed by atoms with van der Waals surface area (Å²) in [6, 6.07) is 2.02. The van der Waals surface area contributed by atoms with Gasteiger partial charge in [-0.05, 0) is 19.8 Å². The molecule has 0 saturated carbocycles. The summed E-state index contributed by atoms with van der Waals surface area (Å²) in [7, 11) is 0. The van der Waals surface area contributed by atoms with E-state index < -0.39 is 0 Å². The molecule has 7 nitrogen and oxygen atoms in total. The molecule has 7 heteroatoms. The Labute approximate surface area is 149 Å². The van der Waals surface area contributed by atoms with Crippen LogP contribution >= 0.6 is 0 Å². The lowest BCUT2D eigenvalue weighted by molar-refractivity contribution is -0.143. The number of aryl methyl sites for hydroxylation is 1. The van der Waals surface area contributed by atoms with Gasteiger partial charge in [0.05, 0.1) is 6.10 Å². The lowest BCUT2D eigenvalue weighted by Gasteiger charge is -2.36. The van der Waals surface area contributed by atoms with Crippen LogP contribution in [0.15, 0.2) is 6.07 Å². The summed E-state index contributed by atoms with van der Waals surface area (Å²) >= 11 is 0. The fraction of sp³-hybridized carbons (Fsp3) is 0.722. The molecule has 1 aromatic heterocycles. The highest BCUT2D eigenvalue weighted by molar-refractivity contribution is 5.81. The van der Waals surface area contributed by atoms with Crippen LogP contribution in [0.2, 0.25) is 0 Å². The van der Waals surface area contributed by atoms with Gasteiger partial charge < -0.3 is 20.3 Å². The number of anilines is 1. The minimum Gasteiger partial charge on any atom is -0.364 e. The molecule has 0 aromatic carbocycles. The van der Waals surface area contributed by atoms with Crippen LogP contribution in [0.5, 0.6) is 0 Å². The van der Waals surface area contributed by atoms with Crippen LogP contribution < -0.4 is 10.6 Å². The van der Waals surface area contributed by atoms with Crippen LogP contribution in [0, 0.1) is 6.92 Å². The molecule has 138 valence electrons. The fourth-order valence-electron chi connectivity index (χ4n) is 3.41. The number of carbonyl (C=O) groups excluding carboxylic acids is 1. The third-order valence-corrected chi connectivity index (χ3v) is 4.94. The summed E-state index contributed by atoms with van der Waals surface area (Å²) < 4.78 is 5.74. The lowest BCUT2D eigenvalue weighted by Crippen LogP contribution is -2.51. The van der Waals surface area contributed by atoms with Crippen molar-refractivity contribution in [3.8, 4) is 0 Å². The molecule has 3 rings (SSSR count). The first-order valence-corrected chi connectivity index (χ1v) is 9.22. The van der Waals surface area contributed by atoms with Crippen LogP contribution in [0.3, 0.4) is 0 Å². The molecule has 1 aromatic rings. The number of carbonyl (C=O) groups is 1. The number of piperazine rings is 1. The van der Waals surface area contributed by atoms with Crippen LogP contribution in [0.25, 0.3) is 0 Å². The number of amides is 1. The summed E-state index contributed by atoms with van der Waals surface area (Å²) in [4.78, 5) is 26.0. The average Bonchev–Trinajstić information content (AvgIpc) is 3.10. The third-order valence-electron chi connectivity index (χ3n) is 4.94. The topological polar surface area (TPSA) is 84.6 Å². The molecular weight excluding hydrogens is 318 g/mol. The van der Waals surface area contributed by atoms with Crippen LogP contribution in [0.1, 0.15) is 44.1 Å². The van der Waals surface area contributed by atoms with Gasteiger partial charge >= 0.3 is 0 Å². The van der Waals surface area contributed by atoms with E-state index in [-0.39, 0.29) is 18.1 Å². The maximum Gasteiger partial charge on any atom is 0.251 e. The first-order chi connectivity index (χ1) is 12.0. The number of hydrogen-bond donors (Lipinski definition) is 1. The van der Waals surface area contributed by atoms with Gasteiger partial charge in [-0.2, -0.15) is 0 Å². The maximum absolute atomic E-state index is 12.6. The zero-order valence-electron chi connectivity index (χ0n) is 15.4. The molecule has 0 unspecified atom stereocenters. The van der Waals surface area contributed by atoms with E-state index in [0.29, 0.717) is 25.6 Å². The van der Waals surface area contributed by atoms with Gasteiger partial charge in [0.25, 0.3) is 5.91 Å².